The van der Waals surface area contributed by atoms with Crippen molar-refractivity contribution in [3.05, 3.63) is 77.9 Å². The van der Waals surface area contributed by atoms with E-state index in [0.717, 1.165) is 37.6 Å². The molecule has 1 unspecified atom stereocenters. The van der Waals surface area contributed by atoms with Crippen LogP contribution in [-0.4, -0.2) is 79.7 Å². The fourth-order valence-corrected chi connectivity index (χ4v) is 7.39. The molecule has 1 aromatic heterocycles. The molecule has 218 valence electrons. The summed E-state index contributed by atoms with van der Waals surface area (Å²) >= 11 is 0. The molecule has 9 nitrogen and oxygen atoms in total. The molecule has 0 amide bonds. The Morgan fingerprint density at radius 1 is 1.05 bits per heavy atom. The second-order valence-corrected chi connectivity index (χ2v) is 12.9. The zero-order valence-electron chi connectivity index (χ0n) is 23.6. The van der Waals surface area contributed by atoms with Crippen LogP contribution < -0.4 is 4.90 Å². The van der Waals surface area contributed by atoms with Gasteiger partial charge in [0.05, 0.1) is 18.1 Å². The number of piperazine rings is 1. The van der Waals surface area contributed by atoms with Crippen molar-refractivity contribution in [2.75, 3.05) is 44.7 Å². The van der Waals surface area contributed by atoms with Gasteiger partial charge < -0.3 is 19.6 Å². The topological polar surface area (TPSA) is 108 Å². The molecule has 2 aliphatic rings. The molecule has 2 aliphatic heterocycles. The molecule has 3 heterocycles. The first-order valence-electron chi connectivity index (χ1n) is 13.8. The Bertz CT molecular complexity index is 1490. The zero-order valence-corrected chi connectivity index (χ0v) is 24.4. The lowest BCUT2D eigenvalue weighted by molar-refractivity contribution is 0.0797. The Morgan fingerprint density at radius 3 is 2.37 bits per heavy atom. The predicted octanol–water partition coefficient (Wildman–Crippen LogP) is 4.17. The van der Waals surface area contributed by atoms with E-state index in [0.29, 0.717) is 16.8 Å². The standard InChI is InChI=1S/C30H36FN5O4S/c1-30(2)29(41(38,39)34-28(40-30)18-23(12-17-37)24-6-4-5-7-25(24)31)22-10-8-21(9-11-22)26-19-33-27(20-32-26)36-15-13-35(3)14-16-36/h4-11,19-20,23,29,37H,12-18H2,1-3H3/t23-,29?/m1/s1. The van der Waals surface area contributed by atoms with Gasteiger partial charge in [-0.25, -0.2) is 17.8 Å². The number of aliphatic hydroxyl groups excluding tert-OH is 1. The van der Waals surface area contributed by atoms with Crippen molar-refractivity contribution in [3.8, 4) is 11.3 Å². The van der Waals surface area contributed by atoms with Gasteiger partial charge in [-0.15, -0.1) is 4.40 Å². The average molecular weight is 582 g/mol. The molecule has 1 N–H and O–H groups in total. The molecule has 0 bridgehead atoms. The first kappa shape index (κ1) is 29.1. The summed E-state index contributed by atoms with van der Waals surface area (Å²) in [5, 5.41) is 8.53. The molecule has 5 rings (SSSR count). The highest BCUT2D eigenvalue weighted by Gasteiger charge is 2.47. The Balaban J connectivity index is 1.34. The van der Waals surface area contributed by atoms with Crippen LogP contribution in [0.1, 0.15) is 49.0 Å². The third kappa shape index (κ3) is 6.42. The number of aliphatic hydroxyl groups is 1. The third-order valence-corrected chi connectivity index (χ3v) is 9.65. The van der Waals surface area contributed by atoms with Gasteiger partial charge >= 0.3 is 0 Å². The van der Waals surface area contributed by atoms with Crippen LogP contribution in [0.3, 0.4) is 0 Å². The summed E-state index contributed by atoms with van der Waals surface area (Å²) in [6.45, 7) is 7.02. The van der Waals surface area contributed by atoms with E-state index in [2.05, 4.69) is 31.2 Å². The maximum absolute atomic E-state index is 14.5. The molecule has 0 spiro atoms. The van der Waals surface area contributed by atoms with E-state index >= 15 is 0 Å². The lowest BCUT2D eigenvalue weighted by Gasteiger charge is -2.38. The molecule has 1 fully saturated rings. The molecule has 0 saturated carbocycles. The molecule has 0 aliphatic carbocycles. The molecule has 0 radical (unpaired) electrons. The molecular formula is C30H36FN5O4S. The highest BCUT2D eigenvalue weighted by molar-refractivity contribution is 7.90. The molecule has 1 saturated heterocycles. The highest BCUT2D eigenvalue weighted by atomic mass is 32.2. The van der Waals surface area contributed by atoms with Crippen molar-refractivity contribution < 1.29 is 22.7 Å². The number of sulfonamides is 1. The maximum atomic E-state index is 14.5. The smallest absolute Gasteiger partial charge is 0.267 e. The van der Waals surface area contributed by atoms with Gasteiger partial charge in [-0.2, -0.15) is 0 Å². The normalized spacial score (nSPS) is 21.1. The van der Waals surface area contributed by atoms with E-state index < -0.39 is 32.6 Å². The second kappa shape index (κ2) is 11.8. The lowest BCUT2D eigenvalue weighted by atomic mass is 9.91. The van der Waals surface area contributed by atoms with Gasteiger partial charge in [-0.1, -0.05) is 42.5 Å². The summed E-state index contributed by atoms with van der Waals surface area (Å²) in [6, 6.07) is 13.4. The molecule has 3 aromatic rings. The molecule has 2 atom stereocenters. The summed E-state index contributed by atoms with van der Waals surface area (Å²) in [5.74, 6) is -0.0394. The SMILES string of the molecule is CN1CCN(c2cnc(-c3ccc(C4C(C)(C)OC(C[C@@H](CCO)c5ccccc5F)=NS4(=O)=O)cc3)cn2)CC1. The number of likely N-dealkylation sites (N-methyl/N-ethyl adjacent to an activating group) is 1. The summed E-state index contributed by atoms with van der Waals surface area (Å²) in [4.78, 5) is 13.7. The molecular weight excluding hydrogens is 545 g/mol. The number of hydrogen-bond donors (Lipinski definition) is 1. The second-order valence-electron chi connectivity index (χ2n) is 11.2. The quantitative estimate of drug-likeness (QED) is 0.423. The zero-order chi connectivity index (χ0) is 29.2. The van der Waals surface area contributed by atoms with Crippen LogP contribution in [0.2, 0.25) is 0 Å². The predicted molar refractivity (Wildman–Crippen MR) is 157 cm³/mol. The van der Waals surface area contributed by atoms with Crippen molar-refractivity contribution >= 4 is 21.7 Å². The van der Waals surface area contributed by atoms with Gasteiger partial charge in [0.15, 0.2) is 0 Å². The summed E-state index contributed by atoms with van der Waals surface area (Å²) in [6.07, 6.45) is 3.81. The number of rotatable bonds is 8. The largest absolute Gasteiger partial charge is 0.472 e. The monoisotopic (exact) mass is 581 g/mol. The van der Waals surface area contributed by atoms with Crippen LogP contribution in [0, 0.1) is 5.82 Å². The van der Waals surface area contributed by atoms with Crippen LogP contribution in [-0.2, 0) is 14.8 Å². The van der Waals surface area contributed by atoms with Crippen molar-refractivity contribution in [2.24, 2.45) is 4.40 Å². The summed E-state index contributed by atoms with van der Waals surface area (Å²) in [7, 11) is -1.91. The summed E-state index contributed by atoms with van der Waals surface area (Å²) in [5.41, 5.74) is 1.31. The van der Waals surface area contributed by atoms with Gasteiger partial charge in [0.25, 0.3) is 10.0 Å². The van der Waals surface area contributed by atoms with Crippen LogP contribution in [0.4, 0.5) is 10.2 Å². The van der Waals surface area contributed by atoms with Crippen molar-refractivity contribution in [1.29, 1.82) is 0 Å². The number of ether oxygens (including phenoxy) is 1. The van der Waals surface area contributed by atoms with E-state index in [1.807, 2.05) is 12.1 Å². The average Bonchev–Trinajstić information content (AvgIpc) is 2.93. The first-order chi connectivity index (χ1) is 19.6. The maximum Gasteiger partial charge on any atom is 0.267 e. The van der Waals surface area contributed by atoms with E-state index in [-0.39, 0.29) is 25.3 Å². The molecule has 11 heteroatoms. The Morgan fingerprint density at radius 2 is 1.76 bits per heavy atom. The van der Waals surface area contributed by atoms with Gasteiger partial charge in [-0.3, -0.25) is 4.98 Å². The van der Waals surface area contributed by atoms with E-state index in [4.69, 9.17) is 4.74 Å². The van der Waals surface area contributed by atoms with Crippen LogP contribution in [0.15, 0.2) is 65.3 Å². The Kier molecular flexibility index (Phi) is 8.40. The number of halogens is 1. The van der Waals surface area contributed by atoms with Gasteiger partial charge in [0, 0.05) is 44.8 Å². The molecule has 41 heavy (non-hydrogen) atoms. The first-order valence-corrected chi connectivity index (χ1v) is 15.3. The number of anilines is 1. The number of aromatic nitrogens is 2. The van der Waals surface area contributed by atoms with Crippen molar-refractivity contribution in [3.63, 3.8) is 0 Å². The van der Waals surface area contributed by atoms with Crippen LogP contribution >= 0.6 is 0 Å². The third-order valence-electron chi connectivity index (χ3n) is 7.76. The van der Waals surface area contributed by atoms with Gasteiger partial charge in [-0.05, 0) is 50.4 Å². The number of hydrogen-bond acceptors (Lipinski definition) is 8. The summed E-state index contributed by atoms with van der Waals surface area (Å²) < 4.78 is 51.6. The van der Waals surface area contributed by atoms with Gasteiger partial charge in [0.1, 0.15) is 22.5 Å². The van der Waals surface area contributed by atoms with E-state index in [1.165, 1.54) is 6.07 Å². The van der Waals surface area contributed by atoms with Crippen molar-refractivity contribution in [2.45, 2.75) is 43.5 Å². The minimum atomic E-state index is -4.02. The fraction of sp³-hybridized carbons (Fsp3) is 0.433. The minimum absolute atomic E-state index is 0.0142. The molecule has 2 aromatic carbocycles. The van der Waals surface area contributed by atoms with E-state index in [1.54, 1.807) is 56.6 Å². The Labute approximate surface area is 240 Å². The number of benzene rings is 2. The van der Waals surface area contributed by atoms with Crippen molar-refractivity contribution in [1.82, 2.24) is 14.9 Å². The highest BCUT2D eigenvalue weighted by Crippen LogP contribution is 2.42. The van der Waals surface area contributed by atoms with E-state index in [9.17, 15) is 17.9 Å². The Hall–Kier alpha value is -3.41. The fourth-order valence-electron chi connectivity index (χ4n) is 5.62. The minimum Gasteiger partial charge on any atom is -0.472 e. The van der Waals surface area contributed by atoms with Gasteiger partial charge in [0.2, 0.25) is 5.90 Å². The lowest BCUT2D eigenvalue weighted by Crippen LogP contribution is -2.44. The van der Waals surface area contributed by atoms with Crippen LogP contribution in [0.25, 0.3) is 11.3 Å². The van der Waals surface area contributed by atoms with Crippen LogP contribution in [0.5, 0.6) is 0 Å². The number of nitrogens with zero attached hydrogens (tertiary/aromatic N) is 5.